The number of thiophene rings is 1. The summed E-state index contributed by atoms with van der Waals surface area (Å²) in [4.78, 5) is 8.34. The van der Waals surface area contributed by atoms with Gasteiger partial charge in [-0.05, 0) is 11.4 Å². The lowest BCUT2D eigenvalue weighted by molar-refractivity contribution is 0.857. The fourth-order valence-electron chi connectivity index (χ4n) is 1.41. The molecule has 0 radical (unpaired) electrons. The third kappa shape index (κ3) is 1.35. The van der Waals surface area contributed by atoms with Gasteiger partial charge in [-0.25, -0.2) is 14.6 Å². The number of rotatable bonds is 1. The fourth-order valence-corrected chi connectivity index (χ4v) is 2.37. The van der Waals surface area contributed by atoms with Gasteiger partial charge in [0, 0.05) is 0 Å². The standard InChI is InChI=1S/C9H6ClN5S/c10-5-3-15(14-8(5)11)9-7-6(1-2-16-7)12-4-13-9/h1-4H,(H2,11,14). The van der Waals surface area contributed by atoms with Crippen LogP contribution in [0, 0.1) is 0 Å². The van der Waals surface area contributed by atoms with Gasteiger partial charge in [-0.3, -0.25) is 0 Å². The lowest BCUT2D eigenvalue weighted by atomic mass is 10.4. The number of halogens is 1. The SMILES string of the molecule is Nc1nn(-c2ncnc3ccsc23)cc1Cl. The van der Waals surface area contributed by atoms with Crippen LogP contribution in [0.25, 0.3) is 16.0 Å². The Morgan fingerprint density at radius 2 is 2.25 bits per heavy atom. The van der Waals surface area contributed by atoms with E-state index in [4.69, 9.17) is 17.3 Å². The number of fused-ring (bicyclic) bond motifs is 1. The molecule has 2 N–H and O–H groups in total. The van der Waals surface area contributed by atoms with E-state index in [1.807, 2.05) is 11.4 Å². The van der Waals surface area contributed by atoms with E-state index in [2.05, 4.69) is 15.1 Å². The van der Waals surface area contributed by atoms with E-state index in [0.717, 1.165) is 10.2 Å². The molecule has 3 rings (SSSR count). The molecule has 3 heterocycles. The lowest BCUT2D eigenvalue weighted by Crippen LogP contribution is -1.99. The molecule has 0 atom stereocenters. The van der Waals surface area contributed by atoms with Crippen molar-refractivity contribution in [2.45, 2.75) is 0 Å². The van der Waals surface area contributed by atoms with Crippen molar-refractivity contribution in [1.82, 2.24) is 19.7 Å². The van der Waals surface area contributed by atoms with Gasteiger partial charge in [-0.15, -0.1) is 16.4 Å². The summed E-state index contributed by atoms with van der Waals surface area (Å²) >= 11 is 7.41. The molecule has 0 aliphatic rings. The molecule has 0 saturated heterocycles. The monoisotopic (exact) mass is 251 g/mol. The summed E-state index contributed by atoms with van der Waals surface area (Å²) in [6.07, 6.45) is 3.13. The molecular formula is C9H6ClN5S. The highest BCUT2D eigenvalue weighted by molar-refractivity contribution is 7.17. The summed E-state index contributed by atoms with van der Waals surface area (Å²) < 4.78 is 2.53. The van der Waals surface area contributed by atoms with E-state index in [0.29, 0.717) is 16.7 Å². The Labute approximate surface area is 99.5 Å². The Balaban J connectivity index is 2.29. The molecule has 0 aromatic carbocycles. The van der Waals surface area contributed by atoms with Crippen molar-refractivity contribution in [3.8, 4) is 5.82 Å². The van der Waals surface area contributed by atoms with Crippen LogP contribution in [0.2, 0.25) is 5.02 Å². The van der Waals surface area contributed by atoms with Crippen LogP contribution in [0.4, 0.5) is 5.82 Å². The summed E-state index contributed by atoms with van der Waals surface area (Å²) in [5.74, 6) is 0.989. The van der Waals surface area contributed by atoms with Crippen molar-refractivity contribution in [3.63, 3.8) is 0 Å². The summed E-state index contributed by atoms with van der Waals surface area (Å²) in [6.45, 7) is 0. The quantitative estimate of drug-likeness (QED) is 0.719. The minimum absolute atomic E-state index is 0.296. The Hall–Kier alpha value is -1.66. The van der Waals surface area contributed by atoms with E-state index in [1.54, 1.807) is 22.2 Å². The van der Waals surface area contributed by atoms with E-state index in [-0.39, 0.29) is 0 Å². The van der Waals surface area contributed by atoms with Gasteiger partial charge in [0.15, 0.2) is 11.6 Å². The smallest absolute Gasteiger partial charge is 0.174 e. The summed E-state index contributed by atoms with van der Waals surface area (Å²) in [5.41, 5.74) is 6.48. The minimum Gasteiger partial charge on any atom is -0.381 e. The molecular weight excluding hydrogens is 246 g/mol. The zero-order valence-corrected chi connectivity index (χ0v) is 9.53. The molecule has 0 aliphatic heterocycles. The molecule has 0 fully saturated rings. The molecule has 5 nitrogen and oxygen atoms in total. The maximum Gasteiger partial charge on any atom is 0.174 e. The van der Waals surface area contributed by atoms with E-state index >= 15 is 0 Å². The average Bonchev–Trinajstić information content (AvgIpc) is 2.85. The Morgan fingerprint density at radius 3 is 3.00 bits per heavy atom. The Kier molecular flexibility index (Phi) is 2.05. The second kappa shape index (κ2) is 3.43. The largest absolute Gasteiger partial charge is 0.381 e. The highest BCUT2D eigenvalue weighted by Crippen LogP contribution is 2.25. The van der Waals surface area contributed by atoms with Gasteiger partial charge in [-0.2, -0.15) is 0 Å². The van der Waals surface area contributed by atoms with E-state index in [9.17, 15) is 0 Å². The first-order valence-corrected chi connectivity index (χ1v) is 5.70. The first-order valence-electron chi connectivity index (χ1n) is 4.45. The summed E-state index contributed by atoms with van der Waals surface area (Å²) in [7, 11) is 0. The third-order valence-corrected chi connectivity index (χ3v) is 3.33. The molecule has 3 aromatic rings. The topological polar surface area (TPSA) is 69.6 Å². The van der Waals surface area contributed by atoms with Gasteiger partial charge < -0.3 is 5.73 Å². The number of anilines is 1. The molecule has 0 unspecified atom stereocenters. The van der Waals surface area contributed by atoms with Crippen molar-refractivity contribution in [2.24, 2.45) is 0 Å². The number of nitrogens with zero attached hydrogens (tertiary/aromatic N) is 4. The lowest BCUT2D eigenvalue weighted by Gasteiger charge is -1.99. The van der Waals surface area contributed by atoms with Gasteiger partial charge in [0.1, 0.15) is 11.3 Å². The molecule has 0 bridgehead atoms. The number of nitrogen functional groups attached to an aromatic ring is 1. The van der Waals surface area contributed by atoms with Gasteiger partial charge in [0.25, 0.3) is 0 Å². The number of aromatic nitrogens is 4. The van der Waals surface area contributed by atoms with Crippen LogP contribution in [0.5, 0.6) is 0 Å². The van der Waals surface area contributed by atoms with Crippen molar-refractivity contribution in [2.75, 3.05) is 5.73 Å². The number of nitrogens with two attached hydrogens (primary N) is 1. The molecule has 3 aromatic heterocycles. The molecule has 0 saturated carbocycles. The van der Waals surface area contributed by atoms with Gasteiger partial charge in [0.05, 0.1) is 16.4 Å². The molecule has 0 aliphatic carbocycles. The minimum atomic E-state index is 0.296. The second-order valence-corrected chi connectivity index (χ2v) is 4.46. The zero-order valence-electron chi connectivity index (χ0n) is 7.96. The van der Waals surface area contributed by atoms with Crippen LogP contribution in [0.15, 0.2) is 24.0 Å². The molecule has 16 heavy (non-hydrogen) atoms. The van der Waals surface area contributed by atoms with E-state index < -0.39 is 0 Å². The van der Waals surface area contributed by atoms with Crippen molar-refractivity contribution in [1.29, 1.82) is 0 Å². The first kappa shape index (κ1) is 9.56. The highest BCUT2D eigenvalue weighted by Gasteiger charge is 2.10. The predicted octanol–water partition coefficient (Wildman–Crippen LogP) is 2.11. The molecule has 0 spiro atoms. The average molecular weight is 252 g/mol. The summed E-state index contributed by atoms with van der Waals surface area (Å²) in [6, 6.07) is 1.93. The fraction of sp³-hybridized carbons (Fsp3) is 0. The van der Waals surface area contributed by atoms with Gasteiger partial charge in [0.2, 0.25) is 0 Å². The van der Waals surface area contributed by atoms with Crippen LogP contribution < -0.4 is 5.73 Å². The number of hydrogen-bond donors (Lipinski definition) is 1. The van der Waals surface area contributed by atoms with Crippen molar-refractivity contribution >= 4 is 39.0 Å². The molecule has 7 heteroatoms. The Morgan fingerprint density at radius 1 is 1.38 bits per heavy atom. The van der Waals surface area contributed by atoms with Gasteiger partial charge >= 0.3 is 0 Å². The second-order valence-electron chi connectivity index (χ2n) is 3.14. The van der Waals surface area contributed by atoms with Gasteiger partial charge in [-0.1, -0.05) is 11.6 Å². The number of hydrogen-bond acceptors (Lipinski definition) is 5. The normalized spacial score (nSPS) is 11.1. The maximum absolute atomic E-state index is 5.86. The van der Waals surface area contributed by atoms with Crippen molar-refractivity contribution < 1.29 is 0 Å². The third-order valence-electron chi connectivity index (χ3n) is 2.14. The highest BCUT2D eigenvalue weighted by atomic mass is 35.5. The van der Waals surface area contributed by atoms with Crippen LogP contribution in [0.1, 0.15) is 0 Å². The van der Waals surface area contributed by atoms with Crippen molar-refractivity contribution in [3.05, 3.63) is 29.0 Å². The van der Waals surface area contributed by atoms with E-state index in [1.165, 1.54) is 6.33 Å². The molecule has 0 amide bonds. The predicted molar refractivity (Wildman–Crippen MR) is 64.0 cm³/mol. The molecule has 80 valence electrons. The maximum atomic E-state index is 5.86. The first-order chi connectivity index (χ1) is 7.75. The van der Waals surface area contributed by atoms with Crippen LogP contribution in [-0.2, 0) is 0 Å². The zero-order chi connectivity index (χ0) is 11.1. The Bertz CT molecular complexity index is 639. The summed E-state index contributed by atoms with van der Waals surface area (Å²) in [5, 5.41) is 6.46. The van der Waals surface area contributed by atoms with Crippen LogP contribution in [-0.4, -0.2) is 19.7 Å². The van der Waals surface area contributed by atoms with Crippen LogP contribution in [0.3, 0.4) is 0 Å². The van der Waals surface area contributed by atoms with Crippen LogP contribution >= 0.6 is 22.9 Å².